The van der Waals surface area contributed by atoms with E-state index in [9.17, 15) is 22.0 Å². The molecule has 1 aromatic heterocycles. The molecule has 0 atom stereocenters. The summed E-state index contributed by atoms with van der Waals surface area (Å²) >= 11 is 0. The molecule has 9 heteroatoms. The highest BCUT2D eigenvalue weighted by Gasteiger charge is 2.27. The Morgan fingerprint density at radius 3 is 2.52 bits per heavy atom. The number of benzene rings is 1. The van der Waals surface area contributed by atoms with E-state index in [-0.39, 0.29) is 5.69 Å². The van der Waals surface area contributed by atoms with Gasteiger partial charge in [-0.05, 0) is 18.2 Å². The van der Waals surface area contributed by atoms with Crippen LogP contribution in [0.25, 0.3) is 0 Å². The van der Waals surface area contributed by atoms with Gasteiger partial charge in [-0.3, -0.25) is 4.68 Å². The summed E-state index contributed by atoms with van der Waals surface area (Å²) in [6.07, 6.45) is 1.51. The van der Waals surface area contributed by atoms with Crippen LogP contribution in [0.2, 0.25) is 0 Å². The Morgan fingerprint density at radius 1 is 1.33 bits per heavy atom. The van der Waals surface area contributed by atoms with Gasteiger partial charge in [-0.25, -0.2) is 22.0 Å². The van der Waals surface area contributed by atoms with Gasteiger partial charge in [0.05, 0.1) is 11.4 Å². The van der Waals surface area contributed by atoms with Crippen molar-refractivity contribution < 1.29 is 27.1 Å². The molecule has 0 spiro atoms. The van der Waals surface area contributed by atoms with Crippen molar-refractivity contribution in [3.05, 3.63) is 47.3 Å². The van der Waals surface area contributed by atoms with Crippen LogP contribution in [0.15, 0.2) is 29.3 Å². The van der Waals surface area contributed by atoms with E-state index >= 15 is 0 Å². The van der Waals surface area contributed by atoms with Gasteiger partial charge in [0, 0.05) is 13.2 Å². The highest BCUT2D eigenvalue weighted by molar-refractivity contribution is 7.90. The van der Waals surface area contributed by atoms with Gasteiger partial charge >= 0.3 is 5.97 Å². The molecule has 0 radical (unpaired) electrons. The fourth-order valence-corrected chi connectivity index (χ4v) is 3.13. The van der Waals surface area contributed by atoms with Gasteiger partial charge in [-0.1, -0.05) is 0 Å². The number of sulfone groups is 1. The number of hydrogen-bond donors (Lipinski definition) is 1. The lowest BCUT2D eigenvalue weighted by Crippen LogP contribution is -2.13. The summed E-state index contributed by atoms with van der Waals surface area (Å²) in [5.74, 6) is -5.44. The first-order valence-electron chi connectivity index (χ1n) is 5.65. The van der Waals surface area contributed by atoms with Crippen molar-refractivity contribution in [1.82, 2.24) is 9.78 Å². The highest BCUT2D eigenvalue weighted by Crippen LogP contribution is 2.24. The van der Waals surface area contributed by atoms with Crippen LogP contribution in [-0.4, -0.2) is 29.3 Å². The Hall–Kier alpha value is -2.29. The highest BCUT2D eigenvalue weighted by atomic mass is 32.2. The maximum atomic E-state index is 14.0. The number of nitrogens with zero attached hydrogens (tertiary/aromatic N) is 2. The largest absolute Gasteiger partial charge is 0.477 e. The second-order valence-corrected chi connectivity index (χ2v) is 6.24. The molecule has 1 aromatic carbocycles. The third-order valence-electron chi connectivity index (χ3n) is 2.71. The lowest BCUT2D eigenvalue weighted by atomic mass is 10.2. The first kappa shape index (κ1) is 15.1. The van der Waals surface area contributed by atoms with Crippen molar-refractivity contribution in [2.24, 2.45) is 7.05 Å². The molecule has 21 heavy (non-hydrogen) atoms. The van der Waals surface area contributed by atoms with Crippen molar-refractivity contribution in [2.45, 2.75) is 10.6 Å². The van der Waals surface area contributed by atoms with Crippen LogP contribution in [-0.2, 0) is 22.6 Å². The van der Waals surface area contributed by atoms with Crippen LogP contribution in [0.3, 0.4) is 0 Å². The summed E-state index contributed by atoms with van der Waals surface area (Å²) < 4.78 is 52.8. The second-order valence-electron chi connectivity index (χ2n) is 4.28. The molecule has 112 valence electrons. The summed E-state index contributed by atoms with van der Waals surface area (Å²) in [6.45, 7) is 0. The Kier molecular flexibility index (Phi) is 3.77. The molecule has 0 bridgehead atoms. The number of rotatable bonds is 4. The number of hydrogen-bond acceptors (Lipinski definition) is 4. The SMILES string of the molecule is Cn1ccc(CS(=O)(=O)c2ccc(F)c(C(=O)O)c2F)n1. The minimum absolute atomic E-state index is 0.165. The molecule has 2 rings (SSSR count). The van der Waals surface area contributed by atoms with E-state index in [4.69, 9.17) is 5.11 Å². The van der Waals surface area contributed by atoms with Crippen LogP contribution in [0, 0.1) is 11.6 Å². The van der Waals surface area contributed by atoms with E-state index in [1.807, 2.05) is 0 Å². The molecule has 0 saturated heterocycles. The minimum Gasteiger partial charge on any atom is -0.477 e. The third-order valence-corrected chi connectivity index (χ3v) is 4.37. The Morgan fingerprint density at radius 2 is 2.00 bits per heavy atom. The zero-order valence-electron chi connectivity index (χ0n) is 10.7. The lowest BCUT2D eigenvalue weighted by Gasteiger charge is -2.07. The minimum atomic E-state index is -4.18. The van der Waals surface area contributed by atoms with Gasteiger partial charge in [-0.15, -0.1) is 0 Å². The third kappa shape index (κ3) is 2.92. The average Bonchev–Trinajstić information content (AvgIpc) is 2.72. The number of carboxylic acids is 1. The van der Waals surface area contributed by atoms with Crippen LogP contribution in [0.1, 0.15) is 16.1 Å². The zero-order chi connectivity index (χ0) is 15.8. The number of carboxylic acid groups (broad SMARTS) is 1. The van der Waals surface area contributed by atoms with E-state index in [1.54, 1.807) is 7.05 Å². The molecular weight excluding hydrogens is 306 g/mol. The van der Waals surface area contributed by atoms with Gasteiger partial charge in [0.15, 0.2) is 15.7 Å². The first-order valence-corrected chi connectivity index (χ1v) is 7.30. The number of carbonyl (C=O) groups is 1. The van der Waals surface area contributed by atoms with Crippen molar-refractivity contribution >= 4 is 15.8 Å². The van der Waals surface area contributed by atoms with Gasteiger partial charge in [0.25, 0.3) is 0 Å². The molecule has 0 fully saturated rings. The van der Waals surface area contributed by atoms with E-state index in [2.05, 4.69) is 5.10 Å². The predicted octanol–water partition coefficient (Wildman–Crippen LogP) is 1.37. The molecule has 0 aliphatic rings. The second kappa shape index (κ2) is 5.24. The fraction of sp³-hybridized carbons (Fsp3) is 0.167. The van der Waals surface area contributed by atoms with E-state index in [0.29, 0.717) is 12.1 Å². The first-order chi connectivity index (χ1) is 9.72. The Bertz CT molecular complexity index is 815. The summed E-state index contributed by atoms with van der Waals surface area (Å²) in [6, 6.07) is 2.74. The Balaban J connectivity index is 2.50. The van der Waals surface area contributed by atoms with Crippen LogP contribution in [0.4, 0.5) is 8.78 Å². The summed E-state index contributed by atoms with van der Waals surface area (Å²) in [7, 11) is -2.60. The molecule has 0 aliphatic heterocycles. The lowest BCUT2D eigenvalue weighted by molar-refractivity contribution is 0.0685. The van der Waals surface area contributed by atoms with E-state index in [1.165, 1.54) is 16.9 Å². The normalized spacial score (nSPS) is 11.6. The zero-order valence-corrected chi connectivity index (χ0v) is 11.6. The van der Waals surface area contributed by atoms with Crippen molar-refractivity contribution in [1.29, 1.82) is 0 Å². The van der Waals surface area contributed by atoms with Gasteiger partial charge in [-0.2, -0.15) is 5.10 Å². The monoisotopic (exact) mass is 316 g/mol. The van der Waals surface area contributed by atoms with Crippen molar-refractivity contribution in [3.8, 4) is 0 Å². The molecule has 0 saturated carbocycles. The quantitative estimate of drug-likeness (QED) is 0.861. The molecule has 2 aromatic rings. The smallest absolute Gasteiger partial charge is 0.341 e. The summed E-state index contributed by atoms with van der Waals surface area (Å²) in [4.78, 5) is 9.92. The molecule has 0 aliphatic carbocycles. The van der Waals surface area contributed by atoms with Crippen molar-refractivity contribution in [2.75, 3.05) is 0 Å². The molecular formula is C12H10F2N2O4S. The van der Waals surface area contributed by atoms with Gasteiger partial charge in [0.1, 0.15) is 16.3 Å². The molecule has 1 N–H and O–H groups in total. The van der Waals surface area contributed by atoms with Crippen LogP contribution >= 0.6 is 0 Å². The molecule has 6 nitrogen and oxygen atoms in total. The molecule has 1 heterocycles. The van der Waals surface area contributed by atoms with E-state index in [0.717, 1.165) is 0 Å². The number of halogens is 2. The molecule has 0 amide bonds. The fourth-order valence-electron chi connectivity index (χ4n) is 1.78. The average molecular weight is 316 g/mol. The summed E-state index contributed by atoms with van der Waals surface area (Å²) in [5.41, 5.74) is -1.13. The number of aromatic nitrogens is 2. The number of aryl methyl sites for hydroxylation is 1. The van der Waals surface area contributed by atoms with Crippen molar-refractivity contribution in [3.63, 3.8) is 0 Å². The molecule has 0 unspecified atom stereocenters. The Labute approximate surface area is 118 Å². The summed E-state index contributed by atoms with van der Waals surface area (Å²) in [5, 5.41) is 12.6. The van der Waals surface area contributed by atoms with Gasteiger partial charge in [0.2, 0.25) is 0 Å². The topological polar surface area (TPSA) is 89.3 Å². The maximum absolute atomic E-state index is 14.0. The van der Waals surface area contributed by atoms with Crippen LogP contribution < -0.4 is 0 Å². The van der Waals surface area contributed by atoms with Crippen LogP contribution in [0.5, 0.6) is 0 Å². The maximum Gasteiger partial charge on any atom is 0.341 e. The number of aromatic carboxylic acids is 1. The van der Waals surface area contributed by atoms with E-state index < -0.39 is 43.7 Å². The predicted molar refractivity (Wildman–Crippen MR) is 67.4 cm³/mol. The standard InChI is InChI=1S/C12H10F2N2O4S/c1-16-5-4-7(15-16)6-21(19,20)9-3-2-8(13)10(11(9)14)12(17)18/h2-5H,6H2,1H3,(H,17,18). The van der Waals surface area contributed by atoms with Gasteiger partial charge < -0.3 is 5.11 Å².